The Morgan fingerprint density at radius 3 is 2.54 bits per heavy atom. The van der Waals surface area contributed by atoms with E-state index in [0.29, 0.717) is 43.3 Å². The van der Waals surface area contributed by atoms with E-state index >= 15 is 0 Å². The molecule has 2 N–H and O–H groups in total. The Kier molecular flexibility index (Phi) is 6.92. The highest BCUT2D eigenvalue weighted by atomic mass is 19.1. The van der Waals surface area contributed by atoms with Gasteiger partial charge in [-0.3, -0.25) is 4.79 Å². The van der Waals surface area contributed by atoms with E-state index in [-0.39, 0.29) is 18.1 Å². The highest BCUT2D eigenvalue weighted by molar-refractivity contribution is 5.76. The minimum atomic E-state index is -0.365. The lowest BCUT2D eigenvalue weighted by molar-refractivity contribution is -0.131. The lowest BCUT2D eigenvalue weighted by atomic mass is 10.1. The summed E-state index contributed by atoms with van der Waals surface area (Å²) in [7, 11) is 0. The van der Waals surface area contributed by atoms with E-state index in [9.17, 15) is 9.18 Å². The third-order valence-electron chi connectivity index (χ3n) is 4.51. The molecule has 0 bridgehead atoms. The zero-order chi connectivity index (χ0) is 19.8. The van der Waals surface area contributed by atoms with E-state index in [1.54, 1.807) is 23.1 Å². The molecule has 0 saturated heterocycles. The fourth-order valence-electron chi connectivity index (χ4n) is 3.01. The predicted octanol–water partition coefficient (Wildman–Crippen LogP) is 3.44. The van der Waals surface area contributed by atoms with Crippen molar-refractivity contribution in [1.82, 2.24) is 9.88 Å². The zero-order valence-electron chi connectivity index (χ0n) is 15.7. The van der Waals surface area contributed by atoms with E-state index in [4.69, 9.17) is 10.2 Å². The molecule has 1 amide bonds. The summed E-state index contributed by atoms with van der Waals surface area (Å²) in [4.78, 5) is 18.5. The lowest BCUT2D eigenvalue weighted by Gasteiger charge is -2.22. The first-order chi connectivity index (χ1) is 13.7. The van der Waals surface area contributed by atoms with Crippen LogP contribution in [0.5, 0.6) is 0 Å². The molecule has 0 radical (unpaired) electrons. The third-order valence-corrected chi connectivity index (χ3v) is 4.51. The van der Waals surface area contributed by atoms with Crippen LogP contribution in [0.15, 0.2) is 65.2 Å². The van der Waals surface area contributed by atoms with Crippen LogP contribution in [-0.2, 0) is 17.6 Å². The first-order valence-electron chi connectivity index (χ1n) is 9.38. The highest BCUT2D eigenvalue weighted by Crippen LogP contribution is 2.23. The van der Waals surface area contributed by atoms with Gasteiger partial charge in [0.05, 0.1) is 11.8 Å². The molecule has 0 aliphatic heterocycles. The maximum atomic E-state index is 13.9. The van der Waals surface area contributed by atoms with Crippen molar-refractivity contribution in [1.29, 1.82) is 0 Å². The molecule has 0 saturated carbocycles. The Balaban J connectivity index is 1.56. The van der Waals surface area contributed by atoms with E-state index in [2.05, 4.69) is 4.98 Å². The molecule has 5 nitrogen and oxygen atoms in total. The fourth-order valence-corrected chi connectivity index (χ4v) is 3.01. The van der Waals surface area contributed by atoms with Crippen LogP contribution in [0.1, 0.15) is 17.9 Å². The predicted molar refractivity (Wildman–Crippen MR) is 106 cm³/mol. The summed E-state index contributed by atoms with van der Waals surface area (Å²) in [5.74, 6) is 0.425. The van der Waals surface area contributed by atoms with Crippen LogP contribution in [0.3, 0.4) is 0 Å². The number of aromatic nitrogens is 1. The first kappa shape index (κ1) is 19.8. The molecular formula is C22H24FN3O2. The van der Waals surface area contributed by atoms with Crippen molar-refractivity contribution in [3.8, 4) is 11.3 Å². The number of halogens is 1. The molecule has 0 aliphatic carbocycles. The van der Waals surface area contributed by atoms with Gasteiger partial charge in [-0.25, -0.2) is 9.37 Å². The number of nitrogens with two attached hydrogens (primary N) is 1. The fraction of sp³-hybridized carbons (Fsp3) is 0.273. The van der Waals surface area contributed by atoms with Gasteiger partial charge in [-0.15, -0.1) is 0 Å². The van der Waals surface area contributed by atoms with Gasteiger partial charge in [-0.2, -0.15) is 0 Å². The number of carbonyl (C=O) groups is 1. The van der Waals surface area contributed by atoms with Gasteiger partial charge in [-0.05, 0) is 24.1 Å². The van der Waals surface area contributed by atoms with E-state index in [1.807, 2.05) is 30.3 Å². The van der Waals surface area contributed by atoms with Gasteiger partial charge >= 0.3 is 0 Å². The third kappa shape index (κ3) is 5.27. The van der Waals surface area contributed by atoms with Crippen molar-refractivity contribution in [2.24, 2.45) is 5.73 Å². The number of carbonyl (C=O) groups excluding carboxylic acids is 1. The summed E-state index contributed by atoms with van der Waals surface area (Å²) in [5.41, 5.74) is 7.21. The molecular weight excluding hydrogens is 357 g/mol. The summed E-state index contributed by atoms with van der Waals surface area (Å²) in [6, 6.07) is 16.4. The second kappa shape index (κ2) is 9.80. The lowest BCUT2D eigenvalue weighted by Crippen LogP contribution is -2.37. The number of benzene rings is 2. The second-order valence-electron chi connectivity index (χ2n) is 6.50. The number of amides is 1. The van der Waals surface area contributed by atoms with Gasteiger partial charge < -0.3 is 15.1 Å². The number of aryl methyl sites for hydroxylation is 1. The summed E-state index contributed by atoms with van der Waals surface area (Å²) in [5, 5.41) is 0. The molecule has 0 unspecified atom stereocenters. The topological polar surface area (TPSA) is 72.4 Å². The van der Waals surface area contributed by atoms with Crippen LogP contribution >= 0.6 is 0 Å². The maximum Gasteiger partial charge on any atom is 0.223 e. The first-order valence-corrected chi connectivity index (χ1v) is 9.38. The van der Waals surface area contributed by atoms with Crippen molar-refractivity contribution < 1.29 is 13.6 Å². The summed E-state index contributed by atoms with van der Waals surface area (Å²) < 4.78 is 19.5. The Labute approximate surface area is 164 Å². The van der Waals surface area contributed by atoms with Crippen molar-refractivity contribution in [3.05, 3.63) is 78.1 Å². The zero-order valence-corrected chi connectivity index (χ0v) is 15.7. The Hall–Kier alpha value is -2.99. The smallest absolute Gasteiger partial charge is 0.223 e. The van der Waals surface area contributed by atoms with Gasteiger partial charge in [-0.1, -0.05) is 42.5 Å². The molecule has 0 aliphatic rings. The van der Waals surface area contributed by atoms with Crippen LogP contribution in [0, 0.1) is 5.82 Å². The summed E-state index contributed by atoms with van der Waals surface area (Å²) in [6.07, 6.45) is 2.90. The van der Waals surface area contributed by atoms with Crippen LogP contribution in [0.25, 0.3) is 11.3 Å². The molecule has 0 fully saturated rings. The number of rotatable bonds is 9. The standard InChI is InChI=1S/C22H24FN3O2/c23-19-9-5-4-8-18(19)20-16-25-21(28-20)10-11-22(27)26(15-13-24)14-12-17-6-2-1-3-7-17/h1-9,16H,10-15,24H2. The number of nitrogens with zero attached hydrogens (tertiary/aromatic N) is 2. The van der Waals surface area contributed by atoms with Crippen molar-refractivity contribution in [2.75, 3.05) is 19.6 Å². The largest absolute Gasteiger partial charge is 0.441 e. The van der Waals surface area contributed by atoms with Crippen molar-refractivity contribution in [2.45, 2.75) is 19.3 Å². The molecule has 146 valence electrons. The van der Waals surface area contributed by atoms with Crippen LogP contribution in [0.4, 0.5) is 4.39 Å². The van der Waals surface area contributed by atoms with Crippen LogP contribution in [-0.4, -0.2) is 35.4 Å². The number of oxazole rings is 1. The molecule has 1 heterocycles. The summed E-state index contributed by atoms with van der Waals surface area (Å²) >= 11 is 0. The molecule has 0 atom stereocenters. The summed E-state index contributed by atoms with van der Waals surface area (Å²) in [6.45, 7) is 1.54. The molecule has 1 aromatic heterocycles. The normalized spacial score (nSPS) is 10.8. The highest BCUT2D eigenvalue weighted by Gasteiger charge is 2.15. The molecule has 6 heteroatoms. The van der Waals surface area contributed by atoms with Crippen LogP contribution in [0.2, 0.25) is 0 Å². The number of hydrogen-bond donors (Lipinski definition) is 1. The van der Waals surface area contributed by atoms with Gasteiger partial charge in [0.25, 0.3) is 0 Å². The average Bonchev–Trinajstić information content (AvgIpc) is 3.19. The molecule has 28 heavy (non-hydrogen) atoms. The molecule has 2 aromatic carbocycles. The number of hydrogen-bond acceptors (Lipinski definition) is 4. The molecule has 3 aromatic rings. The second-order valence-corrected chi connectivity index (χ2v) is 6.50. The van der Waals surface area contributed by atoms with Crippen LogP contribution < -0.4 is 5.73 Å². The SMILES string of the molecule is NCCN(CCc1ccccc1)C(=O)CCc1ncc(-c2ccccc2F)o1. The van der Waals surface area contributed by atoms with Gasteiger partial charge in [0.15, 0.2) is 11.7 Å². The van der Waals surface area contributed by atoms with E-state index in [1.165, 1.54) is 17.8 Å². The molecule has 0 spiro atoms. The minimum Gasteiger partial charge on any atom is -0.441 e. The monoisotopic (exact) mass is 381 g/mol. The average molecular weight is 381 g/mol. The Bertz CT molecular complexity index is 896. The van der Waals surface area contributed by atoms with Gasteiger partial charge in [0, 0.05) is 32.5 Å². The quantitative estimate of drug-likeness (QED) is 0.616. The van der Waals surface area contributed by atoms with E-state index in [0.717, 1.165) is 6.42 Å². The molecule has 3 rings (SSSR count). The Morgan fingerprint density at radius 2 is 1.79 bits per heavy atom. The maximum absolute atomic E-state index is 13.9. The van der Waals surface area contributed by atoms with Gasteiger partial charge in [0.2, 0.25) is 5.91 Å². The van der Waals surface area contributed by atoms with Gasteiger partial charge in [0.1, 0.15) is 5.82 Å². The van der Waals surface area contributed by atoms with E-state index < -0.39 is 0 Å². The minimum absolute atomic E-state index is 0.00650. The Morgan fingerprint density at radius 1 is 1.04 bits per heavy atom. The van der Waals surface area contributed by atoms with Crippen molar-refractivity contribution >= 4 is 5.91 Å². The van der Waals surface area contributed by atoms with Crippen molar-refractivity contribution in [3.63, 3.8) is 0 Å².